The van der Waals surface area contributed by atoms with Crippen molar-refractivity contribution in [2.45, 2.75) is 37.6 Å². The second-order valence-corrected chi connectivity index (χ2v) is 7.71. The number of benzene rings is 1. The fraction of sp³-hybridized carbons (Fsp3) is 0.455. The number of aromatic nitrogens is 1. The number of carbonyl (C=O) groups is 1. The number of rotatable bonds is 7. The normalized spacial score (nSPS) is 22.6. The van der Waals surface area contributed by atoms with Crippen LogP contribution < -0.4 is 10.2 Å². The van der Waals surface area contributed by atoms with Crippen LogP contribution in [0.15, 0.2) is 48.7 Å². The zero-order valence-electron chi connectivity index (χ0n) is 15.6. The molecule has 1 aromatic heterocycles. The van der Waals surface area contributed by atoms with Gasteiger partial charge in [-0.15, -0.1) is 0 Å². The molecule has 2 N–H and O–H groups in total. The van der Waals surface area contributed by atoms with Crippen LogP contribution in [-0.2, 0) is 0 Å². The molecule has 2 aromatic rings. The molecule has 0 amide bonds. The van der Waals surface area contributed by atoms with Gasteiger partial charge in [0.15, 0.2) is 0 Å². The van der Waals surface area contributed by atoms with Crippen LogP contribution in [-0.4, -0.2) is 41.7 Å². The van der Waals surface area contributed by atoms with E-state index in [1.165, 1.54) is 18.4 Å². The molecule has 5 heteroatoms. The van der Waals surface area contributed by atoms with Gasteiger partial charge in [0.05, 0.1) is 0 Å². The van der Waals surface area contributed by atoms with Gasteiger partial charge in [0, 0.05) is 31.2 Å². The number of hydrogen-bond donors (Lipinski definition) is 2. The van der Waals surface area contributed by atoms with Crippen LogP contribution in [0.5, 0.6) is 0 Å². The summed E-state index contributed by atoms with van der Waals surface area (Å²) < 4.78 is 0. The summed E-state index contributed by atoms with van der Waals surface area (Å²) >= 11 is 0. The predicted octanol–water partition coefficient (Wildman–Crippen LogP) is 3.53. The van der Waals surface area contributed by atoms with Crippen molar-refractivity contribution in [3.8, 4) is 0 Å². The maximum atomic E-state index is 11.4. The molecule has 27 heavy (non-hydrogen) atoms. The highest BCUT2D eigenvalue weighted by Crippen LogP contribution is 2.40. The van der Waals surface area contributed by atoms with E-state index in [1.807, 2.05) is 0 Å². The van der Waals surface area contributed by atoms with Crippen LogP contribution in [0.25, 0.3) is 0 Å². The minimum absolute atomic E-state index is 0.304. The summed E-state index contributed by atoms with van der Waals surface area (Å²) in [4.78, 5) is 17.8. The molecule has 4 rings (SSSR count). The largest absolute Gasteiger partial charge is 0.478 e. The molecule has 5 nitrogen and oxygen atoms in total. The van der Waals surface area contributed by atoms with E-state index >= 15 is 0 Å². The van der Waals surface area contributed by atoms with Gasteiger partial charge in [-0.1, -0.05) is 30.3 Å². The number of piperidine rings is 1. The van der Waals surface area contributed by atoms with Gasteiger partial charge in [-0.25, -0.2) is 9.78 Å². The third-order valence-corrected chi connectivity index (χ3v) is 5.91. The Morgan fingerprint density at radius 3 is 2.67 bits per heavy atom. The maximum Gasteiger partial charge on any atom is 0.339 e. The molecule has 2 heterocycles. The molecule has 1 aliphatic carbocycles. The summed E-state index contributed by atoms with van der Waals surface area (Å²) in [7, 11) is 0. The molecule has 1 saturated heterocycles. The van der Waals surface area contributed by atoms with Gasteiger partial charge in [-0.3, -0.25) is 0 Å². The Balaban J connectivity index is 1.20. The predicted molar refractivity (Wildman–Crippen MR) is 106 cm³/mol. The quantitative estimate of drug-likeness (QED) is 0.786. The molecule has 2 unspecified atom stereocenters. The molecule has 0 bridgehead atoms. The smallest absolute Gasteiger partial charge is 0.339 e. The third-order valence-electron chi connectivity index (χ3n) is 5.91. The van der Waals surface area contributed by atoms with Crippen LogP contribution in [0.2, 0.25) is 0 Å². The zero-order chi connectivity index (χ0) is 18.6. The van der Waals surface area contributed by atoms with Gasteiger partial charge in [-0.05, 0) is 55.8 Å². The molecule has 0 spiro atoms. The summed E-state index contributed by atoms with van der Waals surface area (Å²) in [6.45, 7) is 2.85. The SMILES string of the molecule is O=C(O)c1cccnc1N1CCC(CCNC2CC2c2ccccc2)CC1. The van der Waals surface area contributed by atoms with Gasteiger partial charge in [0.25, 0.3) is 0 Å². The van der Waals surface area contributed by atoms with Crippen molar-refractivity contribution in [2.75, 3.05) is 24.5 Å². The molecule has 2 aliphatic rings. The van der Waals surface area contributed by atoms with Crippen LogP contribution in [0.4, 0.5) is 5.82 Å². The van der Waals surface area contributed by atoms with E-state index in [4.69, 9.17) is 0 Å². The van der Waals surface area contributed by atoms with Gasteiger partial charge < -0.3 is 15.3 Å². The van der Waals surface area contributed by atoms with E-state index in [0.29, 0.717) is 29.3 Å². The molecule has 2 fully saturated rings. The molecule has 0 radical (unpaired) electrons. The molecular formula is C22H27N3O2. The van der Waals surface area contributed by atoms with E-state index in [0.717, 1.165) is 32.5 Å². The zero-order valence-corrected chi connectivity index (χ0v) is 15.6. The van der Waals surface area contributed by atoms with Gasteiger partial charge >= 0.3 is 5.97 Å². The number of nitrogens with zero attached hydrogens (tertiary/aromatic N) is 2. The molecule has 1 aromatic carbocycles. The average Bonchev–Trinajstić information content (AvgIpc) is 3.49. The summed E-state index contributed by atoms with van der Waals surface area (Å²) in [5.41, 5.74) is 1.76. The Morgan fingerprint density at radius 1 is 1.15 bits per heavy atom. The van der Waals surface area contributed by atoms with E-state index in [9.17, 15) is 9.90 Å². The van der Waals surface area contributed by atoms with Crippen molar-refractivity contribution in [2.24, 2.45) is 5.92 Å². The first-order chi connectivity index (χ1) is 13.2. The number of hydrogen-bond acceptors (Lipinski definition) is 4. The van der Waals surface area contributed by atoms with Crippen molar-refractivity contribution in [3.63, 3.8) is 0 Å². The highest BCUT2D eigenvalue weighted by molar-refractivity contribution is 5.93. The number of carboxylic acids is 1. The molecule has 2 atom stereocenters. The number of carboxylic acid groups (broad SMARTS) is 1. The minimum atomic E-state index is -0.901. The second-order valence-electron chi connectivity index (χ2n) is 7.71. The molecule has 1 aliphatic heterocycles. The van der Waals surface area contributed by atoms with Crippen LogP contribution in [0.1, 0.15) is 47.5 Å². The Kier molecular flexibility index (Phi) is 5.39. The Labute approximate surface area is 160 Å². The first-order valence-corrected chi connectivity index (χ1v) is 9.94. The Hall–Kier alpha value is -2.40. The maximum absolute atomic E-state index is 11.4. The summed E-state index contributed by atoms with van der Waals surface area (Å²) in [6, 6.07) is 14.7. The summed E-state index contributed by atoms with van der Waals surface area (Å²) in [5.74, 6) is 1.11. The molecule has 142 valence electrons. The van der Waals surface area contributed by atoms with Crippen LogP contribution >= 0.6 is 0 Å². The van der Waals surface area contributed by atoms with Crippen LogP contribution in [0, 0.1) is 5.92 Å². The number of pyridine rings is 1. The second kappa shape index (κ2) is 8.09. The van der Waals surface area contributed by atoms with Crippen molar-refractivity contribution in [3.05, 3.63) is 59.8 Å². The van der Waals surface area contributed by atoms with Crippen molar-refractivity contribution < 1.29 is 9.90 Å². The fourth-order valence-electron chi connectivity index (χ4n) is 4.21. The van der Waals surface area contributed by atoms with E-state index < -0.39 is 5.97 Å². The fourth-order valence-corrected chi connectivity index (χ4v) is 4.21. The van der Waals surface area contributed by atoms with Crippen molar-refractivity contribution in [1.29, 1.82) is 0 Å². The van der Waals surface area contributed by atoms with E-state index in [2.05, 4.69) is 45.5 Å². The van der Waals surface area contributed by atoms with E-state index in [-0.39, 0.29) is 0 Å². The molecule has 1 saturated carbocycles. The third kappa shape index (κ3) is 4.30. The van der Waals surface area contributed by atoms with Gasteiger partial charge in [0.2, 0.25) is 0 Å². The van der Waals surface area contributed by atoms with Crippen molar-refractivity contribution in [1.82, 2.24) is 10.3 Å². The number of anilines is 1. The minimum Gasteiger partial charge on any atom is -0.478 e. The first-order valence-electron chi connectivity index (χ1n) is 9.94. The molecular weight excluding hydrogens is 338 g/mol. The van der Waals surface area contributed by atoms with Gasteiger partial charge in [-0.2, -0.15) is 0 Å². The first kappa shape index (κ1) is 18.0. The average molecular weight is 365 g/mol. The summed E-state index contributed by atoms with van der Waals surface area (Å²) in [6.07, 6.45) is 6.32. The lowest BCUT2D eigenvalue weighted by Gasteiger charge is -2.33. The summed E-state index contributed by atoms with van der Waals surface area (Å²) in [5, 5.41) is 13.1. The lowest BCUT2D eigenvalue weighted by Crippen LogP contribution is -2.36. The standard InChI is InChI=1S/C22H27N3O2/c26-22(27)18-7-4-11-24-21(18)25-13-9-16(10-14-25)8-12-23-20-15-19(20)17-5-2-1-3-6-17/h1-7,11,16,19-20,23H,8-10,12-15H2,(H,26,27). The monoisotopic (exact) mass is 365 g/mol. The Bertz CT molecular complexity index is 772. The lowest BCUT2D eigenvalue weighted by molar-refractivity contribution is 0.0697. The van der Waals surface area contributed by atoms with E-state index in [1.54, 1.807) is 18.3 Å². The highest BCUT2D eigenvalue weighted by atomic mass is 16.4. The van der Waals surface area contributed by atoms with Gasteiger partial charge in [0.1, 0.15) is 11.4 Å². The highest BCUT2D eigenvalue weighted by Gasteiger charge is 2.37. The van der Waals surface area contributed by atoms with Crippen LogP contribution in [0.3, 0.4) is 0 Å². The Morgan fingerprint density at radius 2 is 1.93 bits per heavy atom. The topological polar surface area (TPSA) is 65.5 Å². The number of nitrogens with one attached hydrogen (secondary N) is 1. The number of aromatic carboxylic acids is 1. The van der Waals surface area contributed by atoms with Crippen molar-refractivity contribution >= 4 is 11.8 Å². The lowest BCUT2D eigenvalue weighted by atomic mass is 9.93.